The summed E-state index contributed by atoms with van der Waals surface area (Å²) in [6, 6.07) is 12.5. The van der Waals surface area contributed by atoms with E-state index in [2.05, 4.69) is 60.3 Å². The normalized spacial score (nSPS) is 13.5. The molecule has 2 N–H and O–H groups in total. The van der Waals surface area contributed by atoms with Gasteiger partial charge in [-0.05, 0) is 16.5 Å². The Balaban J connectivity index is 1.49. The molecule has 0 spiro atoms. The number of hydrogen-bond donors (Lipinski definition) is 2. The first-order valence-corrected chi connectivity index (χ1v) is 8.12. The number of rotatable bonds is 3. The lowest BCUT2D eigenvalue weighted by atomic mass is 9.87. The molecule has 5 heteroatoms. The molecule has 0 fully saturated rings. The first-order chi connectivity index (χ1) is 11.5. The van der Waals surface area contributed by atoms with Crippen molar-refractivity contribution in [3.63, 3.8) is 0 Å². The summed E-state index contributed by atoms with van der Waals surface area (Å²) >= 11 is 0. The summed E-state index contributed by atoms with van der Waals surface area (Å²) in [4.78, 5) is 7.83. The molecule has 3 aromatic rings. The van der Waals surface area contributed by atoms with Crippen LogP contribution in [0.5, 0.6) is 11.5 Å². The summed E-state index contributed by atoms with van der Waals surface area (Å²) < 4.78 is 10.8. The van der Waals surface area contributed by atoms with Crippen LogP contribution in [0, 0.1) is 0 Å². The molecule has 0 saturated heterocycles. The molecular formula is C19H21N3O2. The monoisotopic (exact) mass is 323 g/mol. The van der Waals surface area contributed by atoms with Gasteiger partial charge < -0.3 is 19.8 Å². The number of benzene rings is 2. The van der Waals surface area contributed by atoms with Crippen molar-refractivity contribution in [3.8, 4) is 11.5 Å². The Kier molecular flexibility index (Phi) is 3.37. The van der Waals surface area contributed by atoms with Crippen LogP contribution < -0.4 is 14.8 Å². The van der Waals surface area contributed by atoms with Gasteiger partial charge in [0.15, 0.2) is 11.5 Å². The number of nitrogens with zero attached hydrogens (tertiary/aromatic N) is 1. The second-order valence-electron chi connectivity index (χ2n) is 7.11. The van der Waals surface area contributed by atoms with E-state index in [-0.39, 0.29) is 12.2 Å². The third kappa shape index (κ3) is 2.77. The van der Waals surface area contributed by atoms with Crippen LogP contribution in [0.4, 0.5) is 5.95 Å². The van der Waals surface area contributed by atoms with Crippen molar-refractivity contribution in [2.45, 2.75) is 32.7 Å². The minimum Gasteiger partial charge on any atom is -0.454 e. The van der Waals surface area contributed by atoms with E-state index in [0.717, 1.165) is 35.0 Å². The van der Waals surface area contributed by atoms with Crippen LogP contribution in [-0.2, 0) is 12.0 Å². The Morgan fingerprint density at radius 1 is 1.08 bits per heavy atom. The Labute approximate surface area is 141 Å². The molecule has 4 rings (SSSR count). The second kappa shape index (κ2) is 5.44. The first kappa shape index (κ1) is 14.9. The van der Waals surface area contributed by atoms with E-state index in [1.807, 2.05) is 12.1 Å². The quantitative estimate of drug-likeness (QED) is 0.758. The van der Waals surface area contributed by atoms with Gasteiger partial charge in [-0.1, -0.05) is 45.0 Å². The predicted octanol–water partition coefficient (Wildman–Crippen LogP) is 4.20. The highest BCUT2D eigenvalue weighted by Gasteiger charge is 2.16. The molecule has 0 bridgehead atoms. The summed E-state index contributed by atoms with van der Waals surface area (Å²) in [5.41, 5.74) is 4.53. The van der Waals surface area contributed by atoms with Crippen LogP contribution in [-0.4, -0.2) is 16.8 Å². The van der Waals surface area contributed by atoms with E-state index in [1.54, 1.807) is 0 Å². The van der Waals surface area contributed by atoms with Crippen molar-refractivity contribution in [1.82, 2.24) is 9.97 Å². The predicted molar refractivity (Wildman–Crippen MR) is 94.7 cm³/mol. The molecule has 24 heavy (non-hydrogen) atoms. The smallest absolute Gasteiger partial charge is 0.231 e. The third-order valence-electron chi connectivity index (χ3n) is 4.26. The highest BCUT2D eigenvalue weighted by molar-refractivity contribution is 5.81. The fourth-order valence-corrected chi connectivity index (χ4v) is 2.79. The standard InChI is InChI=1S/C19H21N3O2/c1-19(2,3)13-6-4-12(5-7-13)10-20-18-21-14-8-16-17(24-11-23-16)9-15(14)22-18/h4-9H,10-11H2,1-3H3,(H2,20,21,22). The summed E-state index contributed by atoms with van der Waals surface area (Å²) in [5.74, 6) is 2.25. The molecule has 2 heterocycles. The fourth-order valence-electron chi connectivity index (χ4n) is 2.79. The Morgan fingerprint density at radius 2 is 1.79 bits per heavy atom. The zero-order valence-corrected chi connectivity index (χ0v) is 14.1. The Bertz CT molecular complexity index is 835. The lowest BCUT2D eigenvalue weighted by Gasteiger charge is -2.19. The number of aromatic amines is 1. The molecule has 1 aliphatic heterocycles. The van der Waals surface area contributed by atoms with Gasteiger partial charge in [-0.25, -0.2) is 4.98 Å². The molecule has 5 nitrogen and oxygen atoms in total. The minimum absolute atomic E-state index is 0.176. The first-order valence-electron chi connectivity index (χ1n) is 8.12. The molecule has 124 valence electrons. The molecule has 1 aliphatic rings. The van der Waals surface area contributed by atoms with Gasteiger partial charge in [-0.15, -0.1) is 0 Å². The fraction of sp³-hybridized carbons (Fsp3) is 0.316. The number of hydrogen-bond acceptors (Lipinski definition) is 4. The molecule has 0 aliphatic carbocycles. The summed E-state index contributed by atoms with van der Waals surface area (Å²) in [6.07, 6.45) is 0. The number of anilines is 1. The maximum Gasteiger partial charge on any atom is 0.231 e. The third-order valence-corrected chi connectivity index (χ3v) is 4.26. The van der Waals surface area contributed by atoms with Gasteiger partial charge >= 0.3 is 0 Å². The van der Waals surface area contributed by atoms with Crippen LogP contribution in [0.2, 0.25) is 0 Å². The molecule has 1 aromatic heterocycles. The number of aromatic nitrogens is 2. The molecular weight excluding hydrogens is 302 g/mol. The molecule has 0 amide bonds. The average Bonchev–Trinajstić information content (AvgIpc) is 3.15. The van der Waals surface area contributed by atoms with E-state index in [1.165, 1.54) is 11.1 Å². The number of nitrogens with one attached hydrogen (secondary N) is 2. The minimum atomic E-state index is 0.176. The molecule has 0 saturated carbocycles. The van der Waals surface area contributed by atoms with Crippen molar-refractivity contribution in [2.75, 3.05) is 12.1 Å². The van der Waals surface area contributed by atoms with Gasteiger partial charge in [0.05, 0.1) is 11.0 Å². The highest BCUT2D eigenvalue weighted by atomic mass is 16.7. The van der Waals surface area contributed by atoms with Crippen LogP contribution in [0.25, 0.3) is 11.0 Å². The van der Waals surface area contributed by atoms with Crippen molar-refractivity contribution in [1.29, 1.82) is 0 Å². The van der Waals surface area contributed by atoms with Crippen molar-refractivity contribution >= 4 is 17.0 Å². The van der Waals surface area contributed by atoms with Gasteiger partial charge in [0.2, 0.25) is 12.7 Å². The lowest BCUT2D eigenvalue weighted by molar-refractivity contribution is 0.174. The second-order valence-corrected chi connectivity index (χ2v) is 7.11. The maximum absolute atomic E-state index is 5.39. The average molecular weight is 323 g/mol. The summed E-state index contributed by atoms with van der Waals surface area (Å²) in [7, 11) is 0. The number of H-pyrrole nitrogens is 1. The van der Waals surface area contributed by atoms with E-state index >= 15 is 0 Å². The maximum atomic E-state index is 5.39. The molecule has 2 aromatic carbocycles. The van der Waals surface area contributed by atoms with Gasteiger partial charge in [-0.2, -0.15) is 0 Å². The summed E-state index contributed by atoms with van der Waals surface area (Å²) in [6.45, 7) is 7.66. The Morgan fingerprint density at radius 3 is 2.50 bits per heavy atom. The van der Waals surface area contributed by atoms with Crippen LogP contribution >= 0.6 is 0 Å². The zero-order valence-electron chi connectivity index (χ0n) is 14.1. The molecule has 0 atom stereocenters. The lowest BCUT2D eigenvalue weighted by Crippen LogP contribution is -2.11. The number of imidazole rings is 1. The van der Waals surface area contributed by atoms with E-state index in [4.69, 9.17) is 9.47 Å². The van der Waals surface area contributed by atoms with Crippen LogP contribution in [0.3, 0.4) is 0 Å². The Hall–Kier alpha value is -2.69. The van der Waals surface area contributed by atoms with Crippen LogP contribution in [0.15, 0.2) is 36.4 Å². The van der Waals surface area contributed by atoms with Crippen molar-refractivity contribution in [2.24, 2.45) is 0 Å². The molecule has 0 unspecified atom stereocenters. The highest BCUT2D eigenvalue weighted by Crippen LogP contribution is 2.35. The molecule has 0 radical (unpaired) electrons. The topological polar surface area (TPSA) is 59.2 Å². The number of fused-ring (bicyclic) bond motifs is 2. The van der Waals surface area contributed by atoms with E-state index < -0.39 is 0 Å². The van der Waals surface area contributed by atoms with Crippen molar-refractivity contribution in [3.05, 3.63) is 47.5 Å². The van der Waals surface area contributed by atoms with E-state index in [9.17, 15) is 0 Å². The van der Waals surface area contributed by atoms with Crippen LogP contribution in [0.1, 0.15) is 31.9 Å². The van der Waals surface area contributed by atoms with E-state index in [0.29, 0.717) is 0 Å². The van der Waals surface area contributed by atoms with Gasteiger partial charge in [0, 0.05) is 18.7 Å². The SMILES string of the molecule is CC(C)(C)c1ccc(CNc2nc3cc4c(cc3[nH]2)OCO4)cc1. The van der Waals surface area contributed by atoms with Gasteiger partial charge in [0.25, 0.3) is 0 Å². The number of ether oxygens (including phenoxy) is 2. The summed E-state index contributed by atoms with van der Waals surface area (Å²) in [5, 5.41) is 3.34. The van der Waals surface area contributed by atoms with Crippen molar-refractivity contribution < 1.29 is 9.47 Å². The van der Waals surface area contributed by atoms with Gasteiger partial charge in [0.1, 0.15) is 0 Å². The largest absolute Gasteiger partial charge is 0.454 e. The van der Waals surface area contributed by atoms with Gasteiger partial charge in [-0.3, -0.25) is 0 Å². The zero-order chi connectivity index (χ0) is 16.7.